The summed E-state index contributed by atoms with van der Waals surface area (Å²) in [5, 5.41) is 0. The molecule has 18 heavy (non-hydrogen) atoms. The standard InChI is InChI=1S/C14H13BrFNO/c15-12-2-1-3-13(7-12)18-9-10-4-5-14(16)11(6-10)8-17/h1-7H,8-9,17H2. The zero-order chi connectivity index (χ0) is 13.0. The van der Waals surface area contributed by atoms with Crippen LogP contribution in [0.5, 0.6) is 5.75 Å². The second-order valence-electron chi connectivity index (χ2n) is 3.88. The quantitative estimate of drug-likeness (QED) is 0.936. The molecule has 2 aromatic carbocycles. The molecular weight excluding hydrogens is 297 g/mol. The van der Waals surface area contributed by atoms with Crippen LogP contribution in [0.25, 0.3) is 0 Å². The van der Waals surface area contributed by atoms with Crippen molar-refractivity contribution in [1.29, 1.82) is 0 Å². The van der Waals surface area contributed by atoms with E-state index < -0.39 is 0 Å². The Hall–Kier alpha value is -1.39. The van der Waals surface area contributed by atoms with Gasteiger partial charge in [-0.15, -0.1) is 0 Å². The van der Waals surface area contributed by atoms with Crippen LogP contribution in [-0.2, 0) is 13.2 Å². The van der Waals surface area contributed by atoms with Crippen molar-refractivity contribution in [3.05, 3.63) is 63.9 Å². The number of ether oxygens (including phenoxy) is 1. The van der Waals surface area contributed by atoms with E-state index in [1.165, 1.54) is 6.07 Å². The highest BCUT2D eigenvalue weighted by Crippen LogP contribution is 2.19. The fourth-order valence-electron chi connectivity index (χ4n) is 1.60. The fourth-order valence-corrected chi connectivity index (χ4v) is 1.98. The molecule has 0 unspecified atom stereocenters. The van der Waals surface area contributed by atoms with Crippen molar-refractivity contribution in [2.75, 3.05) is 0 Å². The molecule has 0 fully saturated rings. The normalized spacial score (nSPS) is 10.4. The van der Waals surface area contributed by atoms with E-state index in [1.54, 1.807) is 12.1 Å². The second-order valence-corrected chi connectivity index (χ2v) is 4.79. The molecule has 0 amide bonds. The van der Waals surface area contributed by atoms with Gasteiger partial charge in [-0.2, -0.15) is 0 Å². The molecule has 0 aliphatic heterocycles. The van der Waals surface area contributed by atoms with Gasteiger partial charge < -0.3 is 10.5 Å². The molecule has 94 valence electrons. The van der Waals surface area contributed by atoms with E-state index in [2.05, 4.69) is 15.9 Å². The van der Waals surface area contributed by atoms with E-state index in [1.807, 2.05) is 24.3 Å². The van der Waals surface area contributed by atoms with Crippen molar-refractivity contribution in [1.82, 2.24) is 0 Å². The summed E-state index contributed by atoms with van der Waals surface area (Å²) in [6.45, 7) is 0.584. The Labute approximate surface area is 114 Å². The second kappa shape index (κ2) is 5.98. The van der Waals surface area contributed by atoms with Crippen molar-refractivity contribution in [3.8, 4) is 5.75 Å². The van der Waals surface area contributed by atoms with E-state index in [4.69, 9.17) is 10.5 Å². The molecule has 0 bridgehead atoms. The Morgan fingerprint density at radius 2 is 2.00 bits per heavy atom. The summed E-state index contributed by atoms with van der Waals surface area (Å²) in [7, 11) is 0. The van der Waals surface area contributed by atoms with E-state index >= 15 is 0 Å². The Morgan fingerprint density at radius 3 is 2.72 bits per heavy atom. The molecule has 4 heteroatoms. The predicted molar refractivity (Wildman–Crippen MR) is 72.8 cm³/mol. The van der Waals surface area contributed by atoms with Crippen LogP contribution in [0.2, 0.25) is 0 Å². The number of hydrogen-bond acceptors (Lipinski definition) is 2. The first-order chi connectivity index (χ1) is 8.69. The molecule has 0 aliphatic carbocycles. The maximum Gasteiger partial charge on any atom is 0.127 e. The molecule has 0 aliphatic rings. The molecular formula is C14H13BrFNO. The molecule has 0 saturated carbocycles. The molecule has 2 N–H and O–H groups in total. The number of hydrogen-bond donors (Lipinski definition) is 1. The highest BCUT2D eigenvalue weighted by molar-refractivity contribution is 9.10. The van der Waals surface area contributed by atoms with Gasteiger partial charge in [0.1, 0.15) is 18.2 Å². The molecule has 2 aromatic rings. The first kappa shape index (κ1) is 13.1. The van der Waals surface area contributed by atoms with Gasteiger partial charge in [-0.1, -0.05) is 28.1 Å². The molecule has 0 spiro atoms. The Balaban J connectivity index is 2.06. The number of rotatable bonds is 4. The summed E-state index contributed by atoms with van der Waals surface area (Å²) in [5.41, 5.74) is 6.86. The van der Waals surface area contributed by atoms with E-state index in [9.17, 15) is 4.39 Å². The Morgan fingerprint density at radius 1 is 1.17 bits per heavy atom. The van der Waals surface area contributed by atoms with E-state index in [0.29, 0.717) is 12.2 Å². The van der Waals surface area contributed by atoms with Crippen LogP contribution < -0.4 is 10.5 Å². The van der Waals surface area contributed by atoms with Gasteiger partial charge in [-0.25, -0.2) is 4.39 Å². The monoisotopic (exact) mass is 309 g/mol. The summed E-state index contributed by atoms with van der Waals surface area (Å²) in [5.74, 6) is 0.492. The van der Waals surface area contributed by atoms with Gasteiger partial charge in [0.25, 0.3) is 0 Å². The molecule has 0 radical (unpaired) electrons. The van der Waals surface area contributed by atoms with Crippen LogP contribution in [0.1, 0.15) is 11.1 Å². The van der Waals surface area contributed by atoms with Crippen molar-refractivity contribution in [2.45, 2.75) is 13.2 Å². The van der Waals surface area contributed by atoms with Gasteiger partial charge in [0.2, 0.25) is 0 Å². The average Bonchev–Trinajstić information content (AvgIpc) is 2.38. The predicted octanol–water partition coefficient (Wildman–Crippen LogP) is 3.63. The van der Waals surface area contributed by atoms with Gasteiger partial charge in [0, 0.05) is 16.6 Å². The van der Waals surface area contributed by atoms with Gasteiger partial charge >= 0.3 is 0 Å². The lowest BCUT2D eigenvalue weighted by Crippen LogP contribution is -2.02. The highest BCUT2D eigenvalue weighted by Gasteiger charge is 2.03. The summed E-state index contributed by atoms with van der Waals surface area (Å²) in [4.78, 5) is 0. The van der Waals surface area contributed by atoms with Crippen LogP contribution >= 0.6 is 15.9 Å². The molecule has 0 saturated heterocycles. The van der Waals surface area contributed by atoms with Crippen LogP contribution in [0, 0.1) is 5.82 Å². The van der Waals surface area contributed by atoms with Gasteiger partial charge in [-0.05, 0) is 35.9 Å². The van der Waals surface area contributed by atoms with Crippen LogP contribution in [0.15, 0.2) is 46.9 Å². The molecule has 2 nitrogen and oxygen atoms in total. The van der Waals surface area contributed by atoms with Crippen molar-refractivity contribution >= 4 is 15.9 Å². The molecule has 2 rings (SSSR count). The minimum atomic E-state index is -0.274. The maximum absolute atomic E-state index is 13.3. The number of halogens is 2. The lowest BCUT2D eigenvalue weighted by Gasteiger charge is -2.08. The topological polar surface area (TPSA) is 35.2 Å². The molecule has 0 atom stereocenters. The summed E-state index contributed by atoms with van der Waals surface area (Å²) in [6, 6.07) is 12.4. The molecule has 0 aromatic heterocycles. The Kier molecular flexibility index (Phi) is 4.33. The zero-order valence-corrected chi connectivity index (χ0v) is 11.3. The largest absolute Gasteiger partial charge is 0.489 e. The SMILES string of the molecule is NCc1cc(COc2cccc(Br)c2)ccc1F. The first-order valence-corrected chi connectivity index (χ1v) is 6.34. The summed E-state index contributed by atoms with van der Waals surface area (Å²) in [6.07, 6.45) is 0. The Bertz CT molecular complexity index is 545. The minimum absolute atomic E-state index is 0.191. The third-order valence-corrected chi connectivity index (χ3v) is 3.02. The lowest BCUT2D eigenvalue weighted by molar-refractivity contribution is 0.305. The van der Waals surface area contributed by atoms with Crippen molar-refractivity contribution in [2.24, 2.45) is 5.73 Å². The fraction of sp³-hybridized carbons (Fsp3) is 0.143. The van der Waals surface area contributed by atoms with Gasteiger partial charge in [0.05, 0.1) is 0 Å². The highest BCUT2D eigenvalue weighted by atomic mass is 79.9. The number of benzene rings is 2. The van der Waals surface area contributed by atoms with E-state index in [0.717, 1.165) is 15.8 Å². The third kappa shape index (κ3) is 3.31. The van der Waals surface area contributed by atoms with Crippen LogP contribution in [0.3, 0.4) is 0 Å². The maximum atomic E-state index is 13.3. The number of nitrogens with two attached hydrogens (primary N) is 1. The third-order valence-electron chi connectivity index (χ3n) is 2.53. The summed E-state index contributed by atoms with van der Waals surface area (Å²) >= 11 is 3.37. The van der Waals surface area contributed by atoms with Gasteiger partial charge in [-0.3, -0.25) is 0 Å². The van der Waals surface area contributed by atoms with Crippen molar-refractivity contribution in [3.63, 3.8) is 0 Å². The average molecular weight is 310 g/mol. The minimum Gasteiger partial charge on any atom is -0.489 e. The van der Waals surface area contributed by atoms with Crippen LogP contribution in [0.4, 0.5) is 4.39 Å². The molecule has 0 heterocycles. The zero-order valence-electron chi connectivity index (χ0n) is 9.70. The van der Waals surface area contributed by atoms with Gasteiger partial charge in [0.15, 0.2) is 0 Å². The van der Waals surface area contributed by atoms with E-state index in [-0.39, 0.29) is 12.4 Å². The lowest BCUT2D eigenvalue weighted by atomic mass is 10.1. The van der Waals surface area contributed by atoms with Crippen molar-refractivity contribution < 1.29 is 9.13 Å². The first-order valence-electron chi connectivity index (χ1n) is 5.55. The van der Waals surface area contributed by atoms with Crippen LogP contribution in [-0.4, -0.2) is 0 Å². The smallest absolute Gasteiger partial charge is 0.127 e. The summed E-state index contributed by atoms with van der Waals surface area (Å²) < 4.78 is 19.8.